The van der Waals surface area contributed by atoms with Crippen molar-refractivity contribution in [3.8, 4) is 0 Å². The van der Waals surface area contributed by atoms with Gasteiger partial charge in [-0.15, -0.1) is 0 Å². The molecule has 1 aromatic rings. The first-order chi connectivity index (χ1) is 8.58. The van der Waals surface area contributed by atoms with Gasteiger partial charge in [0, 0.05) is 11.3 Å². The number of nitrogens with zero attached hydrogens (tertiary/aromatic N) is 1. The zero-order valence-electron chi connectivity index (χ0n) is 9.80. The van der Waals surface area contributed by atoms with E-state index in [1.54, 1.807) is 24.3 Å². The molecule has 1 heterocycles. The van der Waals surface area contributed by atoms with E-state index in [1.165, 1.54) is 11.8 Å². The van der Waals surface area contributed by atoms with Gasteiger partial charge in [-0.25, -0.2) is 0 Å². The van der Waals surface area contributed by atoms with Gasteiger partial charge in [-0.2, -0.15) is 0 Å². The highest BCUT2D eigenvalue weighted by atomic mass is 32.2. The van der Waals surface area contributed by atoms with Crippen LogP contribution in [0.2, 0.25) is 0 Å². The predicted molar refractivity (Wildman–Crippen MR) is 69.6 cm³/mol. The molecule has 2 rings (SSSR count). The summed E-state index contributed by atoms with van der Waals surface area (Å²) in [5, 5.41) is 2.74. The number of hydrogen-bond donors (Lipinski definition) is 1. The second-order valence-corrected chi connectivity index (χ2v) is 4.77. The first-order valence-electron chi connectivity index (χ1n) is 5.40. The summed E-state index contributed by atoms with van der Waals surface area (Å²) < 4.78 is 0. The van der Waals surface area contributed by atoms with Gasteiger partial charge >= 0.3 is 0 Å². The van der Waals surface area contributed by atoms with Crippen LogP contribution in [0.5, 0.6) is 0 Å². The van der Waals surface area contributed by atoms with E-state index in [9.17, 15) is 14.4 Å². The second kappa shape index (κ2) is 5.22. The summed E-state index contributed by atoms with van der Waals surface area (Å²) in [6.45, 7) is 1.66. The molecule has 5 nitrogen and oxygen atoms in total. The Bertz CT molecular complexity index is 483. The molecule has 1 aliphatic heterocycles. The minimum absolute atomic E-state index is 0.00264. The van der Waals surface area contributed by atoms with Crippen LogP contribution in [-0.2, 0) is 4.79 Å². The van der Waals surface area contributed by atoms with Crippen LogP contribution in [0.15, 0.2) is 24.3 Å². The van der Waals surface area contributed by atoms with E-state index in [-0.39, 0.29) is 29.4 Å². The summed E-state index contributed by atoms with van der Waals surface area (Å²) in [6.07, 6.45) is 0. The molecule has 0 bridgehead atoms. The van der Waals surface area contributed by atoms with Gasteiger partial charge in [0.15, 0.2) is 5.78 Å². The third-order valence-corrected chi connectivity index (χ3v) is 3.43. The number of Topliss-reactive ketones (excluding diaryl/α,β-unsaturated/α-hetero) is 1. The van der Waals surface area contributed by atoms with Crippen LogP contribution < -0.4 is 5.32 Å². The number of thioether (sulfide) groups is 1. The Morgan fingerprint density at radius 2 is 2.00 bits per heavy atom. The summed E-state index contributed by atoms with van der Waals surface area (Å²) in [6, 6.07) is 6.89. The topological polar surface area (TPSA) is 66.5 Å². The Kier molecular flexibility index (Phi) is 3.66. The number of ketones is 1. The van der Waals surface area contributed by atoms with Crippen molar-refractivity contribution in [3.05, 3.63) is 29.8 Å². The molecule has 1 saturated heterocycles. The van der Waals surface area contributed by atoms with Crippen LogP contribution in [0.25, 0.3) is 0 Å². The Hall–Kier alpha value is -1.82. The van der Waals surface area contributed by atoms with Crippen LogP contribution in [0.1, 0.15) is 17.3 Å². The van der Waals surface area contributed by atoms with Crippen molar-refractivity contribution in [1.82, 2.24) is 4.90 Å². The molecule has 1 aromatic carbocycles. The number of anilines is 1. The lowest BCUT2D eigenvalue weighted by Gasteiger charge is -2.14. The van der Waals surface area contributed by atoms with E-state index >= 15 is 0 Å². The number of hydrogen-bond acceptors (Lipinski definition) is 5. The van der Waals surface area contributed by atoms with E-state index in [2.05, 4.69) is 5.32 Å². The fourth-order valence-corrected chi connectivity index (χ4v) is 2.25. The number of imide groups is 1. The molecule has 0 atom stereocenters. The Morgan fingerprint density at radius 3 is 2.50 bits per heavy atom. The zero-order chi connectivity index (χ0) is 13.1. The first kappa shape index (κ1) is 12.6. The van der Waals surface area contributed by atoms with Crippen LogP contribution >= 0.6 is 11.8 Å². The van der Waals surface area contributed by atoms with Crippen LogP contribution in [0.3, 0.4) is 0 Å². The maximum absolute atomic E-state index is 11.3. The summed E-state index contributed by atoms with van der Waals surface area (Å²) in [7, 11) is 0. The fraction of sp³-hybridized carbons (Fsp3) is 0.250. The lowest BCUT2D eigenvalue weighted by atomic mass is 10.1. The molecule has 0 spiro atoms. The molecule has 0 aliphatic carbocycles. The van der Waals surface area contributed by atoms with Gasteiger partial charge in [0.2, 0.25) is 5.91 Å². The standard InChI is InChI=1S/C12H12N2O3S/c1-8(15)9-2-4-10(5-3-9)13-7-14-11(16)6-18-12(14)17/h2-5,13H,6-7H2,1H3. The summed E-state index contributed by atoms with van der Waals surface area (Å²) in [5.74, 6) is 0.0322. The highest BCUT2D eigenvalue weighted by Gasteiger charge is 2.29. The first-order valence-corrected chi connectivity index (χ1v) is 6.38. The Balaban J connectivity index is 1.96. The molecule has 6 heteroatoms. The number of benzene rings is 1. The van der Waals surface area contributed by atoms with E-state index < -0.39 is 0 Å². The number of carbonyl (C=O) groups is 3. The molecule has 1 aliphatic rings. The minimum Gasteiger partial charge on any atom is -0.367 e. The Morgan fingerprint density at radius 1 is 1.33 bits per heavy atom. The van der Waals surface area contributed by atoms with E-state index in [1.807, 2.05) is 0 Å². The maximum Gasteiger partial charge on any atom is 0.290 e. The van der Waals surface area contributed by atoms with E-state index in [4.69, 9.17) is 0 Å². The highest BCUT2D eigenvalue weighted by Crippen LogP contribution is 2.19. The largest absolute Gasteiger partial charge is 0.367 e. The van der Waals surface area contributed by atoms with Crippen LogP contribution in [-0.4, -0.2) is 34.3 Å². The fourth-order valence-electron chi connectivity index (χ4n) is 1.53. The normalized spacial score (nSPS) is 15.1. The predicted octanol–water partition coefficient (Wildman–Crippen LogP) is 1.95. The van der Waals surface area contributed by atoms with E-state index in [0.29, 0.717) is 5.56 Å². The van der Waals surface area contributed by atoms with Crippen LogP contribution in [0.4, 0.5) is 10.5 Å². The van der Waals surface area contributed by atoms with Gasteiger partial charge in [0.1, 0.15) is 0 Å². The van der Waals surface area contributed by atoms with Gasteiger partial charge in [-0.3, -0.25) is 19.3 Å². The number of rotatable bonds is 4. The second-order valence-electron chi connectivity index (χ2n) is 3.84. The summed E-state index contributed by atoms with van der Waals surface area (Å²) in [5.41, 5.74) is 1.39. The molecular weight excluding hydrogens is 252 g/mol. The zero-order valence-corrected chi connectivity index (χ0v) is 10.6. The van der Waals surface area contributed by atoms with Crippen molar-refractivity contribution in [1.29, 1.82) is 0 Å². The van der Waals surface area contributed by atoms with Crippen LogP contribution in [0, 0.1) is 0 Å². The smallest absolute Gasteiger partial charge is 0.290 e. The average Bonchev–Trinajstić information content (AvgIpc) is 2.67. The summed E-state index contributed by atoms with van der Waals surface area (Å²) >= 11 is 1.01. The maximum atomic E-state index is 11.3. The number of amides is 2. The summed E-state index contributed by atoms with van der Waals surface area (Å²) in [4.78, 5) is 34.9. The molecule has 0 unspecified atom stereocenters. The number of nitrogens with one attached hydrogen (secondary N) is 1. The lowest BCUT2D eigenvalue weighted by molar-refractivity contribution is -0.124. The van der Waals surface area contributed by atoms with Crippen molar-refractivity contribution in [2.24, 2.45) is 0 Å². The molecule has 0 radical (unpaired) electrons. The van der Waals surface area contributed by atoms with Gasteiger partial charge in [0.05, 0.1) is 12.4 Å². The van der Waals surface area contributed by atoms with Crippen molar-refractivity contribution in [3.63, 3.8) is 0 Å². The molecule has 0 saturated carbocycles. The molecule has 94 valence electrons. The molecule has 1 N–H and O–H groups in total. The van der Waals surface area contributed by atoms with Gasteiger partial charge < -0.3 is 5.32 Å². The minimum atomic E-state index is -0.229. The Labute approximate surface area is 109 Å². The van der Waals surface area contributed by atoms with Gasteiger partial charge in [0.25, 0.3) is 5.24 Å². The van der Waals surface area contributed by atoms with E-state index in [0.717, 1.165) is 17.4 Å². The van der Waals surface area contributed by atoms with Crippen molar-refractivity contribution in [2.75, 3.05) is 17.7 Å². The monoisotopic (exact) mass is 264 g/mol. The van der Waals surface area contributed by atoms with Gasteiger partial charge in [-0.05, 0) is 31.2 Å². The van der Waals surface area contributed by atoms with Crippen molar-refractivity contribution < 1.29 is 14.4 Å². The average molecular weight is 264 g/mol. The third kappa shape index (κ3) is 2.70. The number of carbonyl (C=O) groups excluding carboxylic acids is 3. The third-order valence-electron chi connectivity index (χ3n) is 2.57. The van der Waals surface area contributed by atoms with Crippen molar-refractivity contribution >= 4 is 34.4 Å². The SMILES string of the molecule is CC(=O)c1ccc(NCN2C(=O)CSC2=O)cc1. The van der Waals surface area contributed by atoms with Gasteiger partial charge in [-0.1, -0.05) is 11.8 Å². The molecular formula is C12H12N2O3S. The lowest BCUT2D eigenvalue weighted by Crippen LogP contribution is -2.33. The molecule has 18 heavy (non-hydrogen) atoms. The molecule has 0 aromatic heterocycles. The molecule has 1 fully saturated rings. The molecule has 2 amide bonds. The van der Waals surface area contributed by atoms with Crippen molar-refractivity contribution in [2.45, 2.75) is 6.92 Å². The quantitative estimate of drug-likeness (QED) is 0.842. The highest BCUT2D eigenvalue weighted by molar-refractivity contribution is 8.14.